The number of rotatable bonds is 6. The summed E-state index contributed by atoms with van der Waals surface area (Å²) >= 11 is 0. The third kappa shape index (κ3) is 5.27. The predicted octanol–water partition coefficient (Wildman–Crippen LogP) is 0.0128. The van der Waals surface area contributed by atoms with Crippen molar-refractivity contribution in [1.82, 2.24) is 9.62 Å². The van der Waals surface area contributed by atoms with Crippen molar-refractivity contribution in [3.8, 4) is 0 Å². The predicted molar refractivity (Wildman–Crippen MR) is 86.3 cm³/mol. The molecule has 0 saturated carbocycles. The number of nitrogens with one attached hydrogen (secondary N) is 1. The van der Waals surface area contributed by atoms with Crippen molar-refractivity contribution in [3.05, 3.63) is 12.2 Å². The molecule has 8 heteroatoms. The van der Waals surface area contributed by atoms with Gasteiger partial charge in [0, 0.05) is 13.1 Å². The number of ether oxygens (including phenoxy) is 1. The Labute approximate surface area is 137 Å². The van der Waals surface area contributed by atoms with E-state index in [4.69, 9.17) is 4.74 Å². The number of hydrogen-bond donors (Lipinski definition) is 2. The number of carbonyl (C=O) groups is 1. The Hall–Kier alpha value is -0.960. The van der Waals surface area contributed by atoms with Crippen LogP contribution in [0.15, 0.2) is 12.2 Å². The molecule has 0 bridgehead atoms. The van der Waals surface area contributed by atoms with Gasteiger partial charge < -0.3 is 14.7 Å². The molecule has 3 atom stereocenters. The molecule has 1 amide bonds. The fourth-order valence-corrected chi connectivity index (χ4v) is 3.66. The second-order valence-electron chi connectivity index (χ2n) is 5.97. The summed E-state index contributed by atoms with van der Waals surface area (Å²) in [6.45, 7) is 2.81. The van der Waals surface area contributed by atoms with Gasteiger partial charge in [0.2, 0.25) is 15.9 Å². The minimum atomic E-state index is -3.39. The number of aliphatic hydroxyl groups is 1. The van der Waals surface area contributed by atoms with Crippen LogP contribution in [0.3, 0.4) is 0 Å². The molecule has 7 nitrogen and oxygen atoms in total. The Kier molecular flexibility index (Phi) is 6.58. The second kappa shape index (κ2) is 8.23. The van der Waals surface area contributed by atoms with Crippen LogP contribution in [0.25, 0.3) is 0 Å². The summed E-state index contributed by atoms with van der Waals surface area (Å²) in [5.74, 6) is 0.00967. The van der Waals surface area contributed by atoms with E-state index in [1.807, 2.05) is 4.90 Å². The van der Waals surface area contributed by atoms with Crippen LogP contribution >= 0.6 is 0 Å². The summed E-state index contributed by atoms with van der Waals surface area (Å²) in [5, 5.41) is 9.44. The van der Waals surface area contributed by atoms with E-state index in [0.717, 1.165) is 32.4 Å². The summed E-state index contributed by atoms with van der Waals surface area (Å²) in [4.78, 5) is 14.1. The van der Waals surface area contributed by atoms with E-state index in [0.29, 0.717) is 0 Å². The van der Waals surface area contributed by atoms with Crippen molar-refractivity contribution in [2.75, 3.05) is 25.4 Å². The Morgan fingerprint density at radius 2 is 2.00 bits per heavy atom. The topological polar surface area (TPSA) is 95.9 Å². The highest BCUT2D eigenvalue weighted by atomic mass is 32.2. The number of carbonyl (C=O) groups excluding carboxylic acids is 1. The monoisotopic (exact) mass is 346 g/mol. The fraction of sp³-hybridized carbons (Fsp3) is 0.800. The van der Waals surface area contributed by atoms with Crippen LogP contribution < -0.4 is 4.72 Å². The highest BCUT2D eigenvalue weighted by Crippen LogP contribution is 2.18. The first-order valence-corrected chi connectivity index (χ1v) is 9.83. The smallest absolute Gasteiger partial charge is 0.225 e. The van der Waals surface area contributed by atoms with E-state index in [2.05, 4.69) is 4.72 Å². The van der Waals surface area contributed by atoms with Gasteiger partial charge in [-0.1, -0.05) is 12.2 Å². The lowest BCUT2D eigenvalue weighted by molar-refractivity contribution is -0.136. The molecule has 0 unspecified atom stereocenters. The molecular formula is C15H26N2O5S. The van der Waals surface area contributed by atoms with Crippen molar-refractivity contribution in [2.24, 2.45) is 0 Å². The molecule has 1 fully saturated rings. The lowest BCUT2D eigenvalue weighted by atomic mass is 10.0. The zero-order valence-electron chi connectivity index (χ0n) is 13.5. The van der Waals surface area contributed by atoms with Gasteiger partial charge in [-0.2, -0.15) is 0 Å². The first kappa shape index (κ1) is 18.4. The van der Waals surface area contributed by atoms with Crippen LogP contribution in [0.5, 0.6) is 0 Å². The van der Waals surface area contributed by atoms with Gasteiger partial charge in [-0.15, -0.1) is 0 Å². The van der Waals surface area contributed by atoms with E-state index in [1.165, 1.54) is 0 Å². The lowest BCUT2D eigenvalue weighted by Gasteiger charge is -2.33. The van der Waals surface area contributed by atoms with E-state index in [1.54, 1.807) is 19.1 Å². The van der Waals surface area contributed by atoms with Crippen LogP contribution in [0.1, 0.15) is 32.6 Å². The van der Waals surface area contributed by atoms with E-state index >= 15 is 0 Å². The molecule has 1 saturated heterocycles. The average molecular weight is 346 g/mol. The summed E-state index contributed by atoms with van der Waals surface area (Å²) in [5.41, 5.74) is 0. The molecular weight excluding hydrogens is 320 g/mol. The molecule has 0 aromatic carbocycles. The maximum Gasteiger partial charge on any atom is 0.225 e. The van der Waals surface area contributed by atoms with Crippen molar-refractivity contribution in [1.29, 1.82) is 0 Å². The molecule has 23 heavy (non-hydrogen) atoms. The SMILES string of the molecule is CCS(=O)(=O)N[C@H]1C=C[C@@H](CC(=O)N2CCCCC2)O[C@H]1CO. The third-order valence-electron chi connectivity index (χ3n) is 4.24. The molecule has 0 radical (unpaired) electrons. The van der Waals surface area contributed by atoms with Gasteiger partial charge in [-0.25, -0.2) is 13.1 Å². The number of aliphatic hydroxyl groups excluding tert-OH is 1. The van der Waals surface area contributed by atoms with Crippen molar-refractivity contribution in [2.45, 2.75) is 50.9 Å². The van der Waals surface area contributed by atoms with Gasteiger partial charge >= 0.3 is 0 Å². The van der Waals surface area contributed by atoms with Crippen LogP contribution in [0.2, 0.25) is 0 Å². The number of likely N-dealkylation sites (tertiary alicyclic amines) is 1. The van der Waals surface area contributed by atoms with Crippen molar-refractivity contribution in [3.63, 3.8) is 0 Å². The normalized spacial score (nSPS) is 28.8. The molecule has 2 aliphatic heterocycles. The lowest BCUT2D eigenvalue weighted by Crippen LogP contribution is -2.49. The second-order valence-corrected chi connectivity index (χ2v) is 8.02. The highest BCUT2D eigenvalue weighted by Gasteiger charge is 2.31. The maximum atomic E-state index is 12.3. The molecule has 132 valence electrons. The number of nitrogens with zero attached hydrogens (tertiary/aromatic N) is 1. The van der Waals surface area contributed by atoms with Gasteiger partial charge in [0.1, 0.15) is 6.10 Å². The van der Waals surface area contributed by atoms with Crippen LogP contribution in [-0.2, 0) is 19.6 Å². The number of piperidine rings is 1. The zero-order valence-corrected chi connectivity index (χ0v) is 14.3. The Morgan fingerprint density at radius 3 is 2.61 bits per heavy atom. The summed E-state index contributed by atoms with van der Waals surface area (Å²) in [6, 6.07) is -0.605. The molecule has 2 aliphatic rings. The van der Waals surface area contributed by atoms with E-state index in [-0.39, 0.29) is 24.7 Å². The van der Waals surface area contributed by atoms with Crippen LogP contribution in [0.4, 0.5) is 0 Å². The standard InChI is InChI=1S/C15H26N2O5S/c1-2-23(20,21)16-13-7-6-12(22-14(13)11-18)10-15(19)17-8-4-3-5-9-17/h6-7,12-14,16,18H,2-5,8-11H2,1H3/t12-,13-,14-/m0/s1. The number of hydrogen-bond acceptors (Lipinski definition) is 5. The summed E-state index contributed by atoms with van der Waals surface area (Å²) in [6.07, 6.45) is 5.73. The quantitative estimate of drug-likeness (QED) is 0.661. The van der Waals surface area contributed by atoms with Gasteiger partial charge in [-0.05, 0) is 26.2 Å². The van der Waals surface area contributed by atoms with Crippen molar-refractivity contribution >= 4 is 15.9 Å². The van der Waals surface area contributed by atoms with E-state index < -0.39 is 28.3 Å². The van der Waals surface area contributed by atoms with Crippen molar-refractivity contribution < 1.29 is 23.1 Å². The minimum Gasteiger partial charge on any atom is -0.394 e. The maximum absolute atomic E-state index is 12.3. The average Bonchev–Trinajstić information content (AvgIpc) is 2.56. The molecule has 0 aromatic heterocycles. The van der Waals surface area contributed by atoms with Gasteiger partial charge in [0.15, 0.2) is 0 Å². The Bertz CT molecular complexity index is 528. The Balaban J connectivity index is 1.94. The van der Waals surface area contributed by atoms with Gasteiger partial charge in [0.25, 0.3) is 0 Å². The zero-order chi connectivity index (χ0) is 16.9. The van der Waals surface area contributed by atoms with Gasteiger partial charge in [-0.3, -0.25) is 4.79 Å². The fourth-order valence-electron chi connectivity index (χ4n) is 2.85. The summed E-state index contributed by atoms with van der Waals surface area (Å²) in [7, 11) is -3.39. The third-order valence-corrected chi connectivity index (χ3v) is 5.63. The largest absolute Gasteiger partial charge is 0.394 e. The number of amides is 1. The Morgan fingerprint density at radius 1 is 1.30 bits per heavy atom. The number of sulfonamides is 1. The molecule has 0 aliphatic carbocycles. The first-order chi connectivity index (χ1) is 10.9. The van der Waals surface area contributed by atoms with Gasteiger partial charge in [0.05, 0.1) is 30.9 Å². The molecule has 2 N–H and O–H groups in total. The molecule has 2 rings (SSSR count). The molecule has 0 aromatic rings. The van der Waals surface area contributed by atoms with Crippen LogP contribution in [0, 0.1) is 0 Å². The van der Waals surface area contributed by atoms with E-state index in [9.17, 15) is 18.3 Å². The summed E-state index contributed by atoms with van der Waals surface area (Å²) < 4.78 is 31.5. The molecule has 0 spiro atoms. The molecule has 2 heterocycles. The minimum absolute atomic E-state index is 0.0354. The van der Waals surface area contributed by atoms with Crippen LogP contribution in [-0.4, -0.2) is 68.0 Å². The first-order valence-electron chi connectivity index (χ1n) is 8.17. The highest BCUT2D eigenvalue weighted by molar-refractivity contribution is 7.89.